The van der Waals surface area contributed by atoms with Crippen molar-refractivity contribution in [1.82, 2.24) is 5.32 Å². The van der Waals surface area contributed by atoms with Crippen molar-refractivity contribution < 1.29 is 26.7 Å². The maximum atomic E-state index is 13.4. The molecule has 1 saturated carbocycles. The Hall–Kier alpha value is -1.66. The average molecular weight is 279 g/mol. The molecule has 1 aliphatic rings. The third-order valence-corrected chi connectivity index (χ3v) is 2.85. The van der Waals surface area contributed by atoms with Crippen molar-refractivity contribution in [3.05, 3.63) is 35.4 Å². The van der Waals surface area contributed by atoms with E-state index in [0.717, 1.165) is 18.2 Å². The zero-order valence-corrected chi connectivity index (χ0v) is 9.60. The standard InChI is InChI=1S/C12H10F5NO/c13-7-2-1-3-8(14)9(7)10(12(15,16)17)18-11(19)6-4-5-6/h1-3,6,10H,4-5H2,(H,18,19). The summed E-state index contributed by atoms with van der Waals surface area (Å²) in [5.41, 5.74) is -1.18. The normalized spacial score (nSPS) is 17.1. The molecule has 1 aliphatic carbocycles. The summed E-state index contributed by atoms with van der Waals surface area (Å²) in [6, 6.07) is -0.257. The molecule has 104 valence electrons. The first-order valence-corrected chi connectivity index (χ1v) is 5.61. The molecule has 1 aromatic carbocycles. The first-order chi connectivity index (χ1) is 8.80. The summed E-state index contributed by atoms with van der Waals surface area (Å²) in [4.78, 5) is 11.4. The zero-order valence-electron chi connectivity index (χ0n) is 9.60. The highest BCUT2D eigenvalue weighted by Crippen LogP contribution is 2.37. The van der Waals surface area contributed by atoms with Crippen LogP contribution in [0.5, 0.6) is 0 Å². The minimum absolute atomic E-state index is 0.486. The van der Waals surface area contributed by atoms with Gasteiger partial charge in [0, 0.05) is 5.92 Å². The molecule has 7 heteroatoms. The lowest BCUT2D eigenvalue weighted by atomic mass is 10.0. The number of rotatable bonds is 3. The molecule has 1 atom stereocenters. The summed E-state index contributed by atoms with van der Waals surface area (Å²) < 4.78 is 65.4. The molecule has 2 nitrogen and oxygen atoms in total. The van der Waals surface area contributed by atoms with Crippen LogP contribution in [-0.4, -0.2) is 12.1 Å². The molecule has 0 aliphatic heterocycles. The van der Waals surface area contributed by atoms with Crippen molar-refractivity contribution in [1.29, 1.82) is 0 Å². The Morgan fingerprint density at radius 1 is 1.21 bits per heavy atom. The van der Waals surface area contributed by atoms with Crippen molar-refractivity contribution in [2.45, 2.75) is 25.1 Å². The molecule has 0 radical (unpaired) electrons. The maximum absolute atomic E-state index is 13.4. The van der Waals surface area contributed by atoms with Crippen LogP contribution in [0.2, 0.25) is 0 Å². The number of hydrogen-bond acceptors (Lipinski definition) is 1. The number of hydrogen-bond donors (Lipinski definition) is 1. The number of nitrogens with one attached hydrogen (secondary N) is 1. The van der Waals surface area contributed by atoms with Crippen LogP contribution in [0.25, 0.3) is 0 Å². The first kappa shape index (κ1) is 13.8. The Bertz CT molecular complexity index is 475. The van der Waals surface area contributed by atoms with E-state index in [9.17, 15) is 26.7 Å². The van der Waals surface area contributed by atoms with Gasteiger partial charge in [-0.15, -0.1) is 0 Å². The fraction of sp³-hybridized carbons (Fsp3) is 0.417. The van der Waals surface area contributed by atoms with Gasteiger partial charge >= 0.3 is 6.18 Å². The van der Waals surface area contributed by atoms with E-state index in [4.69, 9.17) is 0 Å². The van der Waals surface area contributed by atoms with Gasteiger partial charge in [-0.3, -0.25) is 4.79 Å². The van der Waals surface area contributed by atoms with Crippen LogP contribution in [0.1, 0.15) is 24.4 Å². The number of halogens is 5. The summed E-state index contributed by atoms with van der Waals surface area (Å²) in [5.74, 6) is -3.98. The predicted molar refractivity (Wildman–Crippen MR) is 56.0 cm³/mol. The Morgan fingerprint density at radius 2 is 1.74 bits per heavy atom. The topological polar surface area (TPSA) is 29.1 Å². The Kier molecular flexibility index (Phi) is 3.47. The van der Waals surface area contributed by atoms with E-state index in [2.05, 4.69) is 0 Å². The van der Waals surface area contributed by atoms with Crippen molar-refractivity contribution >= 4 is 5.91 Å². The number of carbonyl (C=O) groups is 1. The van der Waals surface area contributed by atoms with Crippen LogP contribution >= 0.6 is 0 Å². The van der Waals surface area contributed by atoms with Crippen molar-refractivity contribution in [3.8, 4) is 0 Å². The smallest absolute Gasteiger partial charge is 0.340 e. The van der Waals surface area contributed by atoms with Crippen LogP contribution in [-0.2, 0) is 4.79 Å². The van der Waals surface area contributed by atoms with Gasteiger partial charge in [-0.1, -0.05) is 6.07 Å². The molecule has 0 heterocycles. The number of alkyl halides is 3. The number of amides is 1. The largest absolute Gasteiger partial charge is 0.413 e. The summed E-state index contributed by atoms with van der Waals surface area (Å²) >= 11 is 0. The highest BCUT2D eigenvalue weighted by atomic mass is 19.4. The number of carbonyl (C=O) groups excluding carboxylic acids is 1. The second-order valence-electron chi connectivity index (χ2n) is 4.39. The lowest BCUT2D eigenvalue weighted by molar-refractivity contribution is -0.164. The second kappa shape index (κ2) is 4.79. The van der Waals surface area contributed by atoms with Crippen LogP contribution < -0.4 is 5.32 Å². The van der Waals surface area contributed by atoms with Gasteiger partial charge < -0.3 is 5.32 Å². The minimum Gasteiger partial charge on any atom is -0.340 e. The van der Waals surface area contributed by atoms with E-state index in [1.807, 2.05) is 0 Å². The molecule has 0 aromatic heterocycles. The fourth-order valence-electron chi connectivity index (χ4n) is 1.71. The number of benzene rings is 1. The summed E-state index contributed by atoms with van der Waals surface area (Å²) in [6.45, 7) is 0. The SMILES string of the molecule is O=C(NC(c1c(F)cccc1F)C(F)(F)F)C1CC1. The molecule has 19 heavy (non-hydrogen) atoms. The van der Waals surface area contributed by atoms with Gasteiger partial charge in [0.15, 0.2) is 6.04 Å². The van der Waals surface area contributed by atoms with E-state index in [-0.39, 0.29) is 0 Å². The molecule has 2 rings (SSSR count). The van der Waals surface area contributed by atoms with Crippen LogP contribution in [0.4, 0.5) is 22.0 Å². The maximum Gasteiger partial charge on any atom is 0.413 e. The van der Waals surface area contributed by atoms with Crippen molar-refractivity contribution in [3.63, 3.8) is 0 Å². The molecular formula is C12H10F5NO. The van der Waals surface area contributed by atoms with Crippen molar-refractivity contribution in [2.75, 3.05) is 0 Å². The van der Waals surface area contributed by atoms with Gasteiger partial charge in [0.05, 0.1) is 5.56 Å². The zero-order chi connectivity index (χ0) is 14.2. The Morgan fingerprint density at radius 3 is 2.16 bits per heavy atom. The van der Waals surface area contributed by atoms with Gasteiger partial charge in [0.2, 0.25) is 5.91 Å². The molecular weight excluding hydrogens is 269 g/mol. The molecule has 1 amide bonds. The van der Waals surface area contributed by atoms with E-state index in [0.29, 0.717) is 12.8 Å². The minimum atomic E-state index is -4.96. The van der Waals surface area contributed by atoms with E-state index in [1.54, 1.807) is 5.32 Å². The van der Waals surface area contributed by atoms with E-state index in [1.165, 1.54) is 0 Å². The summed E-state index contributed by atoms with van der Waals surface area (Å²) in [7, 11) is 0. The Balaban J connectivity index is 2.34. The third-order valence-electron chi connectivity index (χ3n) is 2.85. The second-order valence-corrected chi connectivity index (χ2v) is 4.39. The quantitative estimate of drug-likeness (QED) is 0.846. The molecule has 0 saturated heterocycles. The highest BCUT2D eigenvalue weighted by Gasteiger charge is 2.46. The van der Waals surface area contributed by atoms with E-state index < -0.39 is 41.2 Å². The molecule has 1 unspecified atom stereocenters. The van der Waals surface area contributed by atoms with Crippen LogP contribution in [0, 0.1) is 17.6 Å². The van der Waals surface area contributed by atoms with Crippen LogP contribution in [0.3, 0.4) is 0 Å². The highest BCUT2D eigenvalue weighted by molar-refractivity contribution is 5.81. The van der Waals surface area contributed by atoms with Gasteiger partial charge in [0.25, 0.3) is 0 Å². The molecule has 1 aromatic rings. The van der Waals surface area contributed by atoms with Gasteiger partial charge in [-0.2, -0.15) is 13.2 Å². The lowest BCUT2D eigenvalue weighted by Crippen LogP contribution is -2.40. The van der Waals surface area contributed by atoms with E-state index >= 15 is 0 Å². The Labute approximate surface area is 105 Å². The molecule has 1 N–H and O–H groups in total. The molecule has 0 bridgehead atoms. The summed E-state index contributed by atoms with van der Waals surface area (Å²) in [5, 5.41) is 1.67. The predicted octanol–water partition coefficient (Wildman–Crippen LogP) is 3.09. The van der Waals surface area contributed by atoms with Crippen LogP contribution in [0.15, 0.2) is 18.2 Å². The fourth-order valence-corrected chi connectivity index (χ4v) is 1.71. The first-order valence-electron chi connectivity index (χ1n) is 5.61. The average Bonchev–Trinajstić information content (AvgIpc) is 3.09. The molecule has 0 spiro atoms. The monoisotopic (exact) mass is 279 g/mol. The van der Waals surface area contributed by atoms with Gasteiger partial charge in [0.1, 0.15) is 11.6 Å². The lowest BCUT2D eigenvalue weighted by Gasteiger charge is -2.22. The third kappa shape index (κ3) is 3.02. The molecule has 1 fully saturated rings. The van der Waals surface area contributed by atoms with Crippen molar-refractivity contribution in [2.24, 2.45) is 5.92 Å². The summed E-state index contributed by atoms with van der Waals surface area (Å²) in [6.07, 6.45) is -3.97. The van der Waals surface area contributed by atoms with Gasteiger partial charge in [-0.05, 0) is 25.0 Å². The van der Waals surface area contributed by atoms with Gasteiger partial charge in [-0.25, -0.2) is 8.78 Å².